The monoisotopic (exact) mass is 637 g/mol. The Morgan fingerprint density at radius 2 is 1.32 bits per heavy atom. The minimum absolute atomic E-state index is 0.975. The third-order valence-electron chi connectivity index (χ3n) is 10.0. The maximum atomic E-state index is 2.53. The highest BCUT2D eigenvalue weighted by molar-refractivity contribution is 7.26. The molecular formula is C44H31NS2. The van der Waals surface area contributed by atoms with Crippen molar-refractivity contribution < 1.29 is 0 Å². The van der Waals surface area contributed by atoms with Gasteiger partial charge in [0, 0.05) is 52.2 Å². The Morgan fingerprint density at radius 1 is 0.553 bits per heavy atom. The van der Waals surface area contributed by atoms with Crippen LogP contribution in [0.15, 0.2) is 139 Å². The molecule has 2 aliphatic rings. The summed E-state index contributed by atoms with van der Waals surface area (Å²) in [5, 5.41) is 9.68. The zero-order chi connectivity index (χ0) is 30.9. The average molecular weight is 638 g/mol. The molecule has 0 amide bonds. The van der Waals surface area contributed by atoms with Crippen LogP contribution in [-0.2, 0) is 6.42 Å². The molecule has 0 fully saturated rings. The van der Waals surface area contributed by atoms with Gasteiger partial charge in [0.25, 0.3) is 0 Å². The molecule has 2 aliphatic carbocycles. The van der Waals surface area contributed by atoms with Gasteiger partial charge in [-0.2, -0.15) is 0 Å². The van der Waals surface area contributed by atoms with E-state index in [-0.39, 0.29) is 0 Å². The number of anilines is 2. The number of fused-ring (bicyclic) bond motifs is 10. The van der Waals surface area contributed by atoms with Crippen molar-refractivity contribution in [1.82, 2.24) is 0 Å². The van der Waals surface area contributed by atoms with Gasteiger partial charge >= 0.3 is 0 Å². The van der Waals surface area contributed by atoms with E-state index in [1.54, 1.807) is 0 Å². The quantitative estimate of drug-likeness (QED) is 0.174. The van der Waals surface area contributed by atoms with E-state index in [0.29, 0.717) is 0 Å². The van der Waals surface area contributed by atoms with Crippen molar-refractivity contribution in [1.29, 1.82) is 0 Å². The van der Waals surface area contributed by atoms with Crippen LogP contribution in [-0.4, -0.2) is 0 Å². The first-order valence-electron chi connectivity index (χ1n) is 16.5. The highest BCUT2D eigenvalue weighted by Gasteiger charge is 2.22. The maximum absolute atomic E-state index is 2.53. The zero-order valence-electron chi connectivity index (χ0n) is 25.9. The van der Waals surface area contributed by atoms with E-state index in [2.05, 4.69) is 144 Å². The lowest BCUT2D eigenvalue weighted by Gasteiger charge is -2.30. The van der Waals surface area contributed by atoms with Crippen LogP contribution >= 0.6 is 22.7 Å². The number of aryl methyl sites for hydroxylation is 1. The summed E-state index contributed by atoms with van der Waals surface area (Å²) in [4.78, 5) is 3.85. The number of para-hydroxylation sites is 2. The van der Waals surface area contributed by atoms with Gasteiger partial charge in [-0.1, -0.05) is 78.9 Å². The fourth-order valence-electron chi connectivity index (χ4n) is 7.83. The number of benzene rings is 6. The zero-order valence-corrected chi connectivity index (χ0v) is 27.5. The van der Waals surface area contributed by atoms with E-state index in [0.717, 1.165) is 25.7 Å². The second-order valence-corrected chi connectivity index (χ2v) is 14.8. The Kier molecular flexibility index (Phi) is 6.25. The third-order valence-corrected chi connectivity index (χ3v) is 12.4. The molecule has 47 heavy (non-hydrogen) atoms. The number of allylic oxidation sites excluding steroid dienone is 5. The van der Waals surface area contributed by atoms with Crippen LogP contribution in [0.4, 0.5) is 11.4 Å². The molecule has 0 spiro atoms. The van der Waals surface area contributed by atoms with Gasteiger partial charge in [0.05, 0.1) is 0 Å². The first kappa shape index (κ1) is 27.2. The van der Waals surface area contributed by atoms with E-state index in [4.69, 9.17) is 0 Å². The second kappa shape index (κ2) is 10.8. The number of hydrogen-bond acceptors (Lipinski definition) is 3. The van der Waals surface area contributed by atoms with Crippen LogP contribution in [0.3, 0.4) is 0 Å². The van der Waals surface area contributed by atoms with Crippen LogP contribution in [0.1, 0.15) is 35.3 Å². The van der Waals surface area contributed by atoms with Crippen LogP contribution in [0.25, 0.3) is 63.5 Å². The number of hydrogen-bond donors (Lipinski definition) is 0. The average Bonchev–Trinajstić information content (AvgIpc) is 3.70. The van der Waals surface area contributed by atoms with E-state index < -0.39 is 0 Å². The van der Waals surface area contributed by atoms with E-state index >= 15 is 0 Å². The normalized spacial score (nSPS) is 14.6. The van der Waals surface area contributed by atoms with Crippen molar-refractivity contribution in [3.05, 3.63) is 155 Å². The van der Waals surface area contributed by atoms with E-state index in [1.165, 1.54) is 90.5 Å². The summed E-state index contributed by atoms with van der Waals surface area (Å²) in [6, 6.07) is 42.7. The molecule has 2 aromatic heterocycles. The van der Waals surface area contributed by atoms with Crippen molar-refractivity contribution in [3.8, 4) is 0 Å². The molecule has 3 heteroatoms. The molecule has 224 valence electrons. The molecule has 2 heterocycles. The summed E-state index contributed by atoms with van der Waals surface area (Å²) in [7, 11) is 0. The fourth-order valence-corrected chi connectivity index (χ4v) is 10.3. The molecule has 0 atom stereocenters. The minimum Gasteiger partial charge on any atom is -0.314 e. The highest BCUT2D eigenvalue weighted by atomic mass is 32.1. The largest absolute Gasteiger partial charge is 0.314 e. The van der Waals surface area contributed by atoms with Gasteiger partial charge < -0.3 is 4.90 Å². The molecular weight excluding hydrogens is 607 g/mol. The lowest BCUT2D eigenvalue weighted by Crippen LogP contribution is -2.17. The predicted octanol–water partition coefficient (Wildman–Crippen LogP) is 13.4. The van der Waals surface area contributed by atoms with Gasteiger partial charge in [0.15, 0.2) is 0 Å². The summed E-state index contributed by atoms with van der Waals surface area (Å²) >= 11 is 3.90. The van der Waals surface area contributed by atoms with Crippen molar-refractivity contribution >= 4 is 97.5 Å². The Hall–Kier alpha value is -4.96. The van der Waals surface area contributed by atoms with Crippen molar-refractivity contribution in [2.24, 2.45) is 0 Å². The molecule has 0 aliphatic heterocycles. The number of rotatable bonds is 4. The molecule has 0 N–H and O–H groups in total. The Labute approximate surface area is 282 Å². The van der Waals surface area contributed by atoms with Crippen LogP contribution in [0, 0.1) is 0 Å². The predicted molar refractivity (Wildman–Crippen MR) is 207 cm³/mol. The standard InChI is InChI=1S/C44H31NS2/c1-3-11-30(12-4-1)45(31-13-5-2-6-14-31)32-21-19-28(20-22-32)37-25-29-26-42-39(34-16-8-9-17-40(34)46-42)27-38(29)43-35(37)23-24-36-33-15-7-10-18-41(33)47-44(36)43/h1-7,9-15,17-19,21,23-27H,8,16,20,22H2. The molecule has 8 aromatic rings. The van der Waals surface area contributed by atoms with Gasteiger partial charge in [0.1, 0.15) is 0 Å². The lowest BCUT2D eigenvalue weighted by atomic mass is 9.87. The summed E-state index contributed by atoms with van der Waals surface area (Å²) in [6.07, 6.45) is 13.7. The van der Waals surface area contributed by atoms with Gasteiger partial charge in [-0.25, -0.2) is 0 Å². The second-order valence-electron chi connectivity index (χ2n) is 12.7. The molecule has 1 nitrogen and oxygen atoms in total. The number of nitrogens with zero attached hydrogens (tertiary/aromatic N) is 1. The molecule has 10 rings (SSSR count). The minimum atomic E-state index is 0.975. The lowest BCUT2D eigenvalue weighted by molar-refractivity contribution is 0.931. The van der Waals surface area contributed by atoms with Crippen LogP contribution < -0.4 is 4.90 Å². The highest BCUT2D eigenvalue weighted by Crippen LogP contribution is 2.47. The smallest absolute Gasteiger partial charge is 0.0458 e. The number of thiophene rings is 2. The van der Waals surface area contributed by atoms with Gasteiger partial charge in [-0.15, -0.1) is 22.7 Å². The van der Waals surface area contributed by atoms with Crippen LogP contribution in [0.2, 0.25) is 0 Å². The van der Waals surface area contributed by atoms with Gasteiger partial charge in [-0.3, -0.25) is 0 Å². The first-order valence-corrected chi connectivity index (χ1v) is 18.2. The van der Waals surface area contributed by atoms with Crippen molar-refractivity contribution in [2.45, 2.75) is 25.7 Å². The Bertz CT molecular complexity index is 2580. The van der Waals surface area contributed by atoms with Gasteiger partial charge in [-0.05, 0) is 125 Å². The molecule has 0 unspecified atom stereocenters. The molecule has 0 saturated carbocycles. The van der Waals surface area contributed by atoms with E-state index in [1.807, 2.05) is 22.7 Å². The topological polar surface area (TPSA) is 3.24 Å². The summed E-state index contributed by atoms with van der Waals surface area (Å²) in [6.45, 7) is 0. The molecule has 0 bridgehead atoms. The molecule has 0 saturated heterocycles. The first-order chi connectivity index (χ1) is 23.3. The van der Waals surface area contributed by atoms with Crippen LogP contribution in [0.5, 0.6) is 0 Å². The third kappa shape index (κ3) is 4.34. The van der Waals surface area contributed by atoms with E-state index in [9.17, 15) is 0 Å². The van der Waals surface area contributed by atoms with Gasteiger partial charge in [0.2, 0.25) is 0 Å². The van der Waals surface area contributed by atoms with Crippen molar-refractivity contribution in [3.63, 3.8) is 0 Å². The fraction of sp³-hybridized carbons (Fsp3) is 0.0909. The molecule has 6 aromatic carbocycles. The maximum Gasteiger partial charge on any atom is 0.0458 e. The summed E-state index contributed by atoms with van der Waals surface area (Å²) in [5.41, 5.74) is 8.03. The summed E-state index contributed by atoms with van der Waals surface area (Å²) in [5.74, 6) is 0. The Morgan fingerprint density at radius 3 is 2.11 bits per heavy atom. The summed E-state index contributed by atoms with van der Waals surface area (Å²) < 4.78 is 4.17. The van der Waals surface area contributed by atoms with Crippen molar-refractivity contribution in [2.75, 3.05) is 4.90 Å². The Balaban J connectivity index is 1.21. The molecule has 0 radical (unpaired) electrons. The SMILES string of the molecule is C1=Cc2sc3cc4cc(C5=CC=C(N(c6ccccc6)c6ccccc6)CC5)c5ccc6c7ccccc7sc6c5c4cc3c2CC1.